The number of aromatic carboxylic acids is 1. The van der Waals surface area contributed by atoms with E-state index in [-0.39, 0.29) is 5.56 Å². The second-order valence-electron chi connectivity index (χ2n) is 6.76. The van der Waals surface area contributed by atoms with Gasteiger partial charge in [0.25, 0.3) is 0 Å². The summed E-state index contributed by atoms with van der Waals surface area (Å²) in [6.45, 7) is 1.05. The molecule has 0 saturated carbocycles. The molecular formula is C23H20BrClN2O3S. The molecule has 0 heterocycles. The number of hydrogen-bond acceptors (Lipinski definition) is 3. The van der Waals surface area contributed by atoms with E-state index in [2.05, 4.69) is 21.2 Å². The van der Waals surface area contributed by atoms with Crippen molar-refractivity contribution in [3.05, 3.63) is 92.9 Å². The fourth-order valence-electron chi connectivity index (χ4n) is 2.95. The van der Waals surface area contributed by atoms with Gasteiger partial charge in [0.2, 0.25) is 0 Å². The van der Waals surface area contributed by atoms with Crippen molar-refractivity contribution in [3.8, 4) is 5.75 Å². The van der Waals surface area contributed by atoms with Crippen LogP contribution in [0.2, 0.25) is 5.02 Å². The van der Waals surface area contributed by atoms with Gasteiger partial charge in [-0.1, -0.05) is 51.8 Å². The topological polar surface area (TPSA) is 61.8 Å². The molecule has 3 aromatic carbocycles. The monoisotopic (exact) mass is 518 g/mol. The molecular weight excluding hydrogens is 500 g/mol. The molecule has 160 valence electrons. The number of carboxylic acids is 1. The van der Waals surface area contributed by atoms with E-state index in [0.29, 0.717) is 34.7 Å². The average Bonchev–Trinajstić information content (AvgIpc) is 2.75. The van der Waals surface area contributed by atoms with Crippen molar-refractivity contribution >= 4 is 56.5 Å². The first-order chi connectivity index (χ1) is 14.9. The van der Waals surface area contributed by atoms with E-state index < -0.39 is 5.97 Å². The van der Waals surface area contributed by atoms with Crippen molar-refractivity contribution in [1.29, 1.82) is 0 Å². The lowest BCUT2D eigenvalue weighted by Gasteiger charge is -2.27. The Labute approximate surface area is 199 Å². The van der Waals surface area contributed by atoms with E-state index in [9.17, 15) is 4.79 Å². The third kappa shape index (κ3) is 6.43. The Hall–Kier alpha value is -2.61. The first kappa shape index (κ1) is 23.1. The summed E-state index contributed by atoms with van der Waals surface area (Å²) < 4.78 is 6.40. The molecule has 0 aliphatic rings. The highest BCUT2D eigenvalue weighted by atomic mass is 79.9. The summed E-state index contributed by atoms with van der Waals surface area (Å²) in [7, 11) is 1.58. The Morgan fingerprint density at radius 1 is 1.06 bits per heavy atom. The molecule has 0 aromatic heterocycles. The molecule has 0 bridgehead atoms. The van der Waals surface area contributed by atoms with Crippen LogP contribution in [0.5, 0.6) is 5.75 Å². The number of benzene rings is 3. The Bertz CT molecular complexity index is 1080. The fraction of sp³-hybridized carbons (Fsp3) is 0.130. The zero-order valence-electron chi connectivity index (χ0n) is 16.6. The maximum Gasteiger partial charge on any atom is 0.335 e. The van der Waals surface area contributed by atoms with Crippen LogP contribution in [0.1, 0.15) is 21.5 Å². The predicted octanol–water partition coefficient (Wildman–Crippen LogP) is 6.21. The lowest BCUT2D eigenvalue weighted by molar-refractivity contribution is 0.0697. The SMILES string of the molecule is COc1ccc(Cl)cc1NC(=S)N(Cc1ccc(Br)cc1)Cc1ccc(C(=O)O)cc1. The predicted molar refractivity (Wildman–Crippen MR) is 131 cm³/mol. The van der Waals surface area contributed by atoms with Crippen LogP contribution in [0.4, 0.5) is 5.69 Å². The van der Waals surface area contributed by atoms with Gasteiger partial charge in [-0.05, 0) is 65.8 Å². The molecule has 0 amide bonds. The number of methoxy groups -OCH3 is 1. The molecule has 0 aliphatic carbocycles. The van der Waals surface area contributed by atoms with E-state index in [4.69, 9.17) is 33.7 Å². The smallest absolute Gasteiger partial charge is 0.335 e. The van der Waals surface area contributed by atoms with Crippen molar-refractivity contribution in [2.45, 2.75) is 13.1 Å². The van der Waals surface area contributed by atoms with Crippen molar-refractivity contribution < 1.29 is 14.6 Å². The molecule has 0 atom stereocenters. The lowest BCUT2D eigenvalue weighted by atomic mass is 10.1. The van der Waals surface area contributed by atoms with Crippen LogP contribution in [-0.4, -0.2) is 28.2 Å². The van der Waals surface area contributed by atoms with Crippen LogP contribution < -0.4 is 10.1 Å². The van der Waals surface area contributed by atoms with Crippen LogP contribution in [0.15, 0.2) is 71.2 Å². The van der Waals surface area contributed by atoms with Gasteiger partial charge in [0.15, 0.2) is 5.11 Å². The Morgan fingerprint density at radius 2 is 1.65 bits per heavy atom. The van der Waals surface area contributed by atoms with Crippen LogP contribution in [0.3, 0.4) is 0 Å². The summed E-state index contributed by atoms with van der Waals surface area (Å²) in [5, 5.41) is 13.4. The van der Waals surface area contributed by atoms with Crippen LogP contribution >= 0.6 is 39.7 Å². The summed E-state index contributed by atoms with van der Waals surface area (Å²) in [6.07, 6.45) is 0. The van der Waals surface area contributed by atoms with Gasteiger partial charge in [0, 0.05) is 22.6 Å². The number of halogens is 2. The normalized spacial score (nSPS) is 10.4. The zero-order chi connectivity index (χ0) is 22.4. The number of thiocarbonyl (C=S) groups is 1. The second kappa shape index (κ2) is 10.6. The van der Waals surface area contributed by atoms with Gasteiger partial charge in [-0.15, -0.1) is 0 Å². The number of hydrogen-bond donors (Lipinski definition) is 2. The van der Waals surface area contributed by atoms with Crippen molar-refractivity contribution in [2.75, 3.05) is 12.4 Å². The van der Waals surface area contributed by atoms with Crippen molar-refractivity contribution in [1.82, 2.24) is 4.90 Å². The number of nitrogens with one attached hydrogen (secondary N) is 1. The fourth-order valence-corrected chi connectivity index (χ4v) is 3.63. The summed E-state index contributed by atoms with van der Waals surface area (Å²) >= 11 is 15.3. The third-order valence-electron chi connectivity index (χ3n) is 4.55. The highest BCUT2D eigenvalue weighted by Crippen LogP contribution is 2.28. The molecule has 5 nitrogen and oxygen atoms in total. The Balaban J connectivity index is 1.85. The van der Waals surface area contributed by atoms with E-state index >= 15 is 0 Å². The quantitative estimate of drug-likeness (QED) is 0.362. The van der Waals surface area contributed by atoms with Gasteiger partial charge in [-0.2, -0.15) is 0 Å². The average molecular weight is 520 g/mol. The van der Waals surface area contributed by atoms with Gasteiger partial charge >= 0.3 is 5.97 Å². The number of carbonyl (C=O) groups is 1. The summed E-state index contributed by atoms with van der Waals surface area (Å²) in [6, 6.07) is 20.0. The van der Waals surface area contributed by atoms with E-state index in [1.54, 1.807) is 49.6 Å². The summed E-state index contributed by atoms with van der Waals surface area (Å²) in [4.78, 5) is 13.1. The first-order valence-electron chi connectivity index (χ1n) is 9.32. The number of rotatable bonds is 7. The van der Waals surface area contributed by atoms with E-state index in [0.717, 1.165) is 15.6 Å². The molecule has 8 heteroatoms. The van der Waals surface area contributed by atoms with Gasteiger partial charge in [-0.25, -0.2) is 4.79 Å². The van der Waals surface area contributed by atoms with E-state index in [1.165, 1.54) is 0 Å². The van der Waals surface area contributed by atoms with Gasteiger partial charge in [0.05, 0.1) is 18.4 Å². The number of ether oxygens (including phenoxy) is 1. The minimum Gasteiger partial charge on any atom is -0.495 e. The molecule has 0 aliphatic heterocycles. The first-order valence-corrected chi connectivity index (χ1v) is 10.9. The highest BCUT2D eigenvalue weighted by Gasteiger charge is 2.15. The minimum absolute atomic E-state index is 0.243. The van der Waals surface area contributed by atoms with Gasteiger partial charge in [-0.3, -0.25) is 0 Å². The standard InChI is InChI=1S/C23H20BrClN2O3S/c1-30-21-11-10-19(25)12-20(21)26-23(31)27(14-16-4-8-18(24)9-5-16)13-15-2-6-17(7-3-15)22(28)29/h2-12H,13-14H2,1H3,(H,26,31)(H,28,29). The minimum atomic E-state index is -0.955. The van der Waals surface area contributed by atoms with Crippen LogP contribution in [0.25, 0.3) is 0 Å². The molecule has 0 radical (unpaired) electrons. The van der Waals surface area contributed by atoms with E-state index in [1.807, 2.05) is 29.2 Å². The number of nitrogens with zero attached hydrogens (tertiary/aromatic N) is 1. The maximum absolute atomic E-state index is 11.1. The van der Waals surface area contributed by atoms with Crippen LogP contribution in [-0.2, 0) is 13.1 Å². The van der Waals surface area contributed by atoms with Crippen molar-refractivity contribution in [3.63, 3.8) is 0 Å². The third-order valence-corrected chi connectivity index (χ3v) is 5.68. The van der Waals surface area contributed by atoms with Crippen molar-refractivity contribution in [2.24, 2.45) is 0 Å². The molecule has 0 fully saturated rings. The second-order valence-corrected chi connectivity index (χ2v) is 8.50. The number of anilines is 1. The lowest BCUT2D eigenvalue weighted by Crippen LogP contribution is -2.34. The summed E-state index contributed by atoms with van der Waals surface area (Å²) in [5.41, 5.74) is 2.92. The van der Waals surface area contributed by atoms with Gasteiger partial charge in [0.1, 0.15) is 5.75 Å². The molecule has 2 N–H and O–H groups in total. The summed E-state index contributed by atoms with van der Waals surface area (Å²) in [5.74, 6) is -0.329. The van der Waals surface area contributed by atoms with Crippen LogP contribution in [0, 0.1) is 0 Å². The van der Waals surface area contributed by atoms with Gasteiger partial charge < -0.3 is 20.1 Å². The Morgan fingerprint density at radius 3 is 2.19 bits per heavy atom. The maximum atomic E-state index is 11.1. The highest BCUT2D eigenvalue weighted by molar-refractivity contribution is 9.10. The molecule has 0 saturated heterocycles. The zero-order valence-corrected chi connectivity index (χ0v) is 19.8. The Kier molecular flexibility index (Phi) is 7.90. The molecule has 0 unspecified atom stereocenters. The molecule has 3 rings (SSSR count). The molecule has 3 aromatic rings. The molecule has 31 heavy (non-hydrogen) atoms. The largest absolute Gasteiger partial charge is 0.495 e. The molecule has 0 spiro atoms. The number of carboxylic acid groups (broad SMARTS) is 1.